The van der Waals surface area contributed by atoms with E-state index in [2.05, 4.69) is 0 Å². The first kappa shape index (κ1) is 13.9. The Balaban J connectivity index is 2.01. The summed E-state index contributed by atoms with van der Waals surface area (Å²) in [6.45, 7) is 0.506. The summed E-state index contributed by atoms with van der Waals surface area (Å²) in [5.74, 6) is 0.787. The molecule has 19 heavy (non-hydrogen) atoms. The van der Waals surface area contributed by atoms with Crippen LogP contribution in [0.15, 0.2) is 54.6 Å². The predicted molar refractivity (Wildman–Crippen MR) is 77.0 cm³/mol. The van der Waals surface area contributed by atoms with Crippen LogP contribution in [0.1, 0.15) is 11.1 Å². The summed E-state index contributed by atoms with van der Waals surface area (Å²) >= 11 is 0. The fourth-order valence-corrected chi connectivity index (χ4v) is 2.31. The molecular weight excluding hydrogens is 259 g/mol. The Morgan fingerprint density at radius 2 is 1.68 bits per heavy atom. The fourth-order valence-electron chi connectivity index (χ4n) is 1.83. The van der Waals surface area contributed by atoms with Crippen molar-refractivity contribution in [2.24, 2.45) is 0 Å². The summed E-state index contributed by atoms with van der Waals surface area (Å²) in [7, 11) is -2.42. The third-order valence-electron chi connectivity index (χ3n) is 2.82. The molecule has 1 unspecified atom stereocenters. The van der Waals surface area contributed by atoms with Crippen LogP contribution in [-0.4, -0.2) is 11.1 Å². The van der Waals surface area contributed by atoms with Gasteiger partial charge in [0, 0.05) is 6.16 Å². The number of ether oxygens (including phenoxy) is 1. The number of para-hydroxylation sites is 1. The highest BCUT2D eigenvalue weighted by Crippen LogP contribution is 2.23. The van der Waals surface area contributed by atoms with Gasteiger partial charge in [0.1, 0.15) is 12.4 Å². The number of rotatable bonds is 6. The lowest BCUT2D eigenvalue weighted by Gasteiger charge is -2.11. The molecule has 0 aliphatic rings. The molecule has 1 N–H and O–H groups in total. The fraction of sp³-hybridized carbons (Fsp3) is 0.200. The summed E-state index contributed by atoms with van der Waals surface area (Å²) in [6.07, 6.45) is 0.871. The van der Waals surface area contributed by atoms with Crippen molar-refractivity contribution >= 4 is 8.03 Å². The second-order valence-electron chi connectivity index (χ2n) is 4.28. The predicted octanol–water partition coefficient (Wildman–Crippen LogP) is 3.28. The van der Waals surface area contributed by atoms with Crippen LogP contribution in [0.2, 0.25) is 0 Å². The summed E-state index contributed by atoms with van der Waals surface area (Å²) in [5.41, 5.74) is 2.08. The molecule has 2 rings (SSSR count). The summed E-state index contributed by atoms with van der Waals surface area (Å²) < 4.78 is 16.6. The van der Waals surface area contributed by atoms with Crippen molar-refractivity contribution in [2.45, 2.75) is 13.0 Å². The van der Waals surface area contributed by atoms with Gasteiger partial charge in [0.25, 0.3) is 0 Å². The highest BCUT2D eigenvalue weighted by atomic mass is 31.1. The Morgan fingerprint density at radius 1 is 1.00 bits per heavy atom. The van der Waals surface area contributed by atoms with E-state index in [1.807, 2.05) is 54.6 Å². The van der Waals surface area contributed by atoms with Gasteiger partial charge < -0.3 is 9.63 Å². The first-order chi connectivity index (χ1) is 9.25. The van der Waals surface area contributed by atoms with E-state index >= 15 is 0 Å². The van der Waals surface area contributed by atoms with Crippen molar-refractivity contribution in [1.82, 2.24) is 0 Å². The summed E-state index contributed by atoms with van der Waals surface area (Å²) in [6, 6.07) is 17.6. The third-order valence-corrected chi connectivity index (χ3v) is 3.50. The lowest BCUT2D eigenvalue weighted by molar-refractivity contribution is 0.303. The molecule has 0 aliphatic carbocycles. The van der Waals surface area contributed by atoms with Gasteiger partial charge in [-0.2, -0.15) is 0 Å². The van der Waals surface area contributed by atoms with Gasteiger partial charge >= 0.3 is 0 Å². The molecule has 2 aromatic rings. The lowest BCUT2D eigenvalue weighted by atomic mass is 10.1. The highest BCUT2D eigenvalue weighted by molar-refractivity contribution is 7.37. The Hall–Kier alpha value is -1.57. The Morgan fingerprint density at radius 3 is 2.42 bits per heavy atom. The molecule has 0 amide bonds. The van der Waals surface area contributed by atoms with Gasteiger partial charge in [-0.3, -0.25) is 4.57 Å². The number of aryl methyl sites for hydroxylation is 1. The second kappa shape index (κ2) is 7.13. The van der Waals surface area contributed by atoms with Gasteiger partial charge in [-0.1, -0.05) is 48.5 Å². The molecule has 2 aromatic carbocycles. The van der Waals surface area contributed by atoms with Crippen LogP contribution < -0.4 is 4.74 Å². The molecule has 0 radical (unpaired) electrons. The van der Waals surface area contributed by atoms with E-state index < -0.39 is 8.03 Å². The zero-order valence-electron chi connectivity index (χ0n) is 10.6. The normalized spacial score (nSPS) is 12.1. The minimum absolute atomic E-state index is 0.302. The zero-order chi connectivity index (χ0) is 13.5. The molecule has 0 heterocycles. The molecule has 0 aliphatic heterocycles. The van der Waals surface area contributed by atoms with E-state index in [0.29, 0.717) is 19.2 Å². The molecule has 0 saturated carbocycles. The maximum absolute atomic E-state index is 10.8. The Bertz CT molecular complexity index is 540. The second-order valence-corrected chi connectivity index (χ2v) is 5.56. The van der Waals surface area contributed by atoms with Crippen molar-refractivity contribution in [1.29, 1.82) is 0 Å². The van der Waals surface area contributed by atoms with Crippen LogP contribution in [0.25, 0.3) is 0 Å². The monoisotopic (exact) mass is 276 g/mol. The third kappa shape index (κ3) is 4.55. The average Bonchev–Trinajstić information content (AvgIpc) is 2.45. The van der Waals surface area contributed by atoms with E-state index in [4.69, 9.17) is 9.63 Å². The van der Waals surface area contributed by atoms with Crippen LogP contribution in [0.5, 0.6) is 5.75 Å². The molecule has 0 bridgehead atoms. The summed E-state index contributed by atoms with van der Waals surface area (Å²) in [4.78, 5) is 8.92. The molecular formula is C15H17O3P. The molecule has 0 fully saturated rings. The van der Waals surface area contributed by atoms with Gasteiger partial charge in [0.05, 0.1) is 0 Å². The van der Waals surface area contributed by atoms with Crippen LogP contribution >= 0.6 is 8.03 Å². The maximum Gasteiger partial charge on any atom is 0.189 e. The van der Waals surface area contributed by atoms with Crippen molar-refractivity contribution < 1.29 is 14.2 Å². The molecule has 3 nitrogen and oxygen atoms in total. The molecule has 4 heteroatoms. The average molecular weight is 276 g/mol. The van der Waals surface area contributed by atoms with E-state index in [-0.39, 0.29) is 0 Å². The highest BCUT2D eigenvalue weighted by Gasteiger charge is 2.04. The molecule has 0 saturated heterocycles. The minimum atomic E-state index is -2.42. The van der Waals surface area contributed by atoms with Gasteiger partial charge in [-0.05, 0) is 23.6 Å². The lowest BCUT2D eigenvalue weighted by Crippen LogP contribution is -1.99. The van der Waals surface area contributed by atoms with Crippen molar-refractivity contribution in [2.75, 3.05) is 6.16 Å². The largest absolute Gasteiger partial charge is 0.489 e. The van der Waals surface area contributed by atoms with Gasteiger partial charge in [-0.15, -0.1) is 0 Å². The van der Waals surface area contributed by atoms with Crippen molar-refractivity contribution in [3.8, 4) is 5.75 Å². The van der Waals surface area contributed by atoms with E-state index in [9.17, 15) is 4.57 Å². The number of hydrogen-bond donors (Lipinski definition) is 1. The molecule has 0 spiro atoms. The molecule has 0 aromatic heterocycles. The molecule has 1 atom stereocenters. The smallest absolute Gasteiger partial charge is 0.189 e. The quantitative estimate of drug-likeness (QED) is 0.824. The summed E-state index contributed by atoms with van der Waals surface area (Å²) in [5, 5.41) is 0. The zero-order valence-corrected chi connectivity index (χ0v) is 11.6. The maximum atomic E-state index is 10.8. The molecule has 100 valence electrons. The van der Waals surface area contributed by atoms with Crippen LogP contribution in [0.4, 0.5) is 0 Å². The van der Waals surface area contributed by atoms with Crippen LogP contribution in [0.3, 0.4) is 0 Å². The van der Waals surface area contributed by atoms with Gasteiger partial charge in [0.15, 0.2) is 8.03 Å². The number of benzene rings is 2. The van der Waals surface area contributed by atoms with E-state index in [0.717, 1.165) is 16.9 Å². The SMILES string of the molecule is O=[PH](O)CCc1ccccc1OCc1ccccc1. The van der Waals surface area contributed by atoms with Crippen molar-refractivity contribution in [3.63, 3.8) is 0 Å². The first-order valence-corrected chi connectivity index (χ1v) is 7.78. The minimum Gasteiger partial charge on any atom is -0.489 e. The van der Waals surface area contributed by atoms with Crippen LogP contribution in [0, 0.1) is 0 Å². The standard InChI is InChI=1S/C15H17O3P/c16-19(17)11-10-14-8-4-5-9-15(14)18-12-13-6-2-1-3-7-13/h1-9,19H,10-12H2,(H,16,17). The van der Waals surface area contributed by atoms with Gasteiger partial charge in [-0.25, -0.2) is 0 Å². The van der Waals surface area contributed by atoms with E-state index in [1.54, 1.807) is 0 Å². The van der Waals surface area contributed by atoms with Crippen LogP contribution in [-0.2, 0) is 17.6 Å². The van der Waals surface area contributed by atoms with Gasteiger partial charge in [0.2, 0.25) is 0 Å². The Labute approximate surface area is 113 Å². The topological polar surface area (TPSA) is 46.5 Å². The Kier molecular flexibility index (Phi) is 5.20. The first-order valence-electron chi connectivity index (χ1n) is 6.22. The van der Waals surface area contributed by atoms with E-state index in [1.165, 1.54) is 0 Å². The van der Waals surface area contributed by atoms with Crippen molar-refractivity contribution in [3.05, 3.63) is 65.7 Å². The number of hydrogen-bond acceptors (Lipinski definition) is 2.